The fraction of sp³-hybridized carbons (Fsp3) is 0.583. The van der Waals surface area contributed by atoms with Gasteiger partial charge < -0.3 is 14.5 Å². The lowest BCUT2D eigenvalue weighted by atomic mass is 10.0. The molecule has 2 aliphatic heterocycles. The van der Waals surface area contributed by atoms with Crippen LogP contribution < -0.4 is 14.9 Å². The Hall–Kier alpha value is -1.12. The number of ether oxygens (including phenoxy) is 2. The lowest BCUT2D eigenvalue weighted by molar-refractivity contribution is -0.141. The highest BCUT2D eigenvalue weighted by atomic mass is 28.3. The standard InChI is InChI=1S/C12H14F3N2O2Si/c1-11(18-2)5-9-19-10-7(20(9)16-6-11)3-4-8(17-10)12(13,14)15/h3-4,9,16H,5-6H2,1-2H3/t9-,11+/m1/s1. The summed E-state index contributed by atoms with van der Waals surface area (Å²) in [5.41, 5.74) is -1.41. The van der Waals surface area contributed by atoms with E-state index in [1.165, 1.54) is 6.07 Å². The van der Waals surface area contributed by atoms with Crippen LogP contribution in [0.5, 0.6) is 5.88 Å². The molecule has 0 bridgehead atoms. The van der Waals surface area contributed by atoms with Crippen LogP contribution in [0.3, 0.4) is 0 Å². The number of pyridine rings is 1. The van der Waals surface area contributed by atoms with Crippen molar-refractivity contribution in [2.45, 2.75) is 30.8 Å². The van der Waals surface area contributed by atoms with Crippen LogP contribution in [0.2, 0.25) is 0 Å². The van der Waals surface area contributed by atoms with Gasteiger partial charge in [-0.1, -0.05) is 6.07 Å². The van der Waals surface area contributed by atoms with Gasteiger partial charge in [-0.25, -0.2) is 4.98 Å². The van der Waals surface area contributed by atoms with Crippen molar-refractivity contribution in [3.63, 3.8) is 0 Å². The van der Waals surface area contributed by atoms with E-state index in [9.17, 15) is 13.2 Å². The van der Waals surface area contributed by atoms with Crippen LogP contribution in [0.1, 0.15) is 19.0 Å². The Bertz CT molecular complexity index is 540. The molecule has 1 fully saturated rings. The predicted molar refractivity (Wildman–Crippen MR) is 67.1 cm³/mol. The highest BCUT2D eigenvalue weighted by Gasteiger charge is 2.47. The molecule has 1 aromatic heterocycles. The van der Waals surface area contributed by atoms with Crippen LogP contribution in [-0.2, 0) is 10.9 Å². The lowest BCUT2D eigenvalue weighted by Gasteiger charge is -2.37. The largest absolute Gasteiger partial charge is 0.476 e. The number of halogens is 3. The van der Waals surface area contributed by atoms with Gasteiger partial charge in [0, 0.05) is 25.3 Å². The Balaban J connectivity index is 1.89. The smallest absolute Gasteiger partial charge is 0.433 e. The molecule has 0 unspecified atom stereocenters. The minimum atomic E-state index is -4.45. The maximum atomic E-state index is 12.7. The van der Waals surface area contributed by atoms with Crippen LogP contribution in [0, 0.1) is 0 Å². The summed E-state index contributed by atoms with van der Waals surface area (Å²) in [4.78, 5) is 6.99. The Morgan fingerprint density at radius 2 is 2.25 bits per heavy atom. The number of alkyl halides is 3. The fourth-order valence-electron chi connectivity index (χ4n) is 2.52. The van der Waals surface area contributed by atoms with Gasteiger partial charge in [0.2, 0.25) is 14.8 Å². The summed E-state index contributed by atoms with van der Waals surface area (Å²) >= 11 is 0. The summed E-state index contributed by atoms with van der Waals surface area (Å²) in [5.74, 6) is 0.117. The van der Waals surface area contributed by atoms with E-state index in [4.69, 9.17) is 9.47 Å². The summed E-state index contributed by atoms with van der Waals surface area (Å²) in [5, 5.41) is 0.783. The second kappa shape index (κ2) is 4.44. The van der Waals surface area contributed by atoms with Crippen molar-refractivity contribution in [2.75, 3.05) is 13.7 Å². The summed E-state index contributed by atoms with van der Waals surface area (Å²) in [6.45, 7) is 2.62. The van der Waals surface area contributed by atoms with Crippen LogP contribution in [-0.4, -0.2) is 38.9 Å². The molecule has 1 saturated heterocycles. The number of hydrogen-bond donors (Lipinski definition) is 1. The van der Waals surface area contributed by atoms with E-state index in [-0.39, 0.29) is 17.2 Å². The zero-order valence-corrected chi connectivity index (χ0v) is 12.0. The molecule has 20 heavy (non-hydrogen) atoms. The number of aromatic nitrogens is 1. The minimum absolute atomic E-state index is 0.117. The molecule has 1 radical (unpaired) electrons. The third-order valence-corrected chi connectivity index (χ3v) is 6.26. The third kappa shape index (κ3) is 2.21. The first kappa shape index (κ1) is 13.8. The zero-order valence-electron chi connectivity index (χ0n) is 11.0. The highest BCUT2D eigenvalue weighted by Crippen LogP contribution is 2.32. The molecule has 1 aromatic rings. The summed E-state index contributed by atoms with van der Waals surface area (Å²) in [6, 6.07) is 2.51. The van der Waals surface area contributed by atoms with Gasteiger partial charge in [-0.15, -0.1) is 0 Å². The molecule has 2 aliphatic rings. The molecular formula is C12H14F3N2O2Si. The second-order valence-corrected chi connectivity index (χ2v) is 7.64. The molecule has 3 heterocycles. The molecule has 0 spiro atoms. The first-order valence-corrected chi connectivity index (χ1v) is 7.81. The van der Waals surface area contributed by atoms with Crippen molar-refractivity contribution >= 4 is 14.1 Å². The quantitative estimate of drug-likeness (QED) is 0.786. The van der Waals surface area contributed by atoms with Crippen molar-refractivity contribution in [1.82, 2.24) is 9.97 Å². The molecule has 2 atom stereocenters. The van der Waals surface area contributed by atoms with E-state index < -0.39 is 20.8 Å². The van der Waals surface area contributed by atoms with E-state index in [0.29, 0.717) is 13.0 Å². The number of nitrogens with zero attached hydrogens (tertiary/aromatic N) is 1. The molecule has 8 heteroatoms. The first-order valence-electron chi connectivity index (χ1n) is 6.23. The van der Waals surface area contributed by atoms with Gasteiger partial charge in [-0.05, 0) is 13.0 Å². The SMILES string of the molecule is CO[C@]1(C)CN[Si]2c3ccc(C(F)(F)F)nc3O[C@H]2C1. The molecule has 0 saturated carbocycles. The van der Waals surface area contributed by atoms with Crippen molar-refractivity contribution < 1.29 is 22.6 Å². The number of hydrogen-bond acceptors (Lipinski definition) is 4. The first-order chi connectivity index (χ1) is 9.32. The average Bonchev–Trinajstić information content (AvgIpc) is 2.73. The molecule has 0 aliphatic carbocycles. The van der Waals surface area contributed by atoms with Crippen molar-refractivity contribution in [3.8, 4) is 5.88 Å². The lowest BCUT2D eigenvalue weighted by Crippen LogP contribution is -2.62. The monoisotopic (exact) mass is 303 g/mol. The van der Waals surface area contributed by atoms with E-state index >= 15 is 0 Å². The van der Waals surface area contributed by atoms with Crippen molar-refractivity contribution in [2.24, 2.45) is 0 Å². The van der Waals surface area contributed by atoms with E-state index in [0.717, 1.165) is 11.3 Å². The van der Waals surface area contributed by atoms with Gasteiger partial charge >= 0.3 is 6.18 Å². The van der Waals surface area contributed by atoms with Crippen LogP contribution in [0.25, 0.3) is 0 Å². The fourth-order valence-corrected chi connectivity index (χ4v) is 5.32. The zero-order chi connectivity index (χ0) is 14.5. The van der Waals surface area contributed by atoms with Crippen molar-refractivity contribution in [3.05, 3.63) is 17.8 Å². The maximum absolute atomic E-state index is 12.7. The predicted octanol–water partition coefficient (Wildman–Crippen LogP) is 0.998. The number of methoxy groups -OCH3 is 1. The number of fused-ring (bicyclic) bond motifs is 3. The highest BCUT2D eigenvalue weighted by molar-refractivity contribution is 6.74. The molecule has 4 nitrogen and oxygen atoms in total. The van der Waals surface area contributed by atoms with Crippen LogP contribution in [0.4, 0.5) is 13.2 Å². The average molecular weight is 303 g/mol. The Morgan fingerprint density at radius 3 is 2.90 bits per heavy atom. The topological polar surface area (TPSA) is 43.4 Å². The molecule has 1 N–H and O–H groups in total. The molecule has 3 rings (SSSR count). The van der Waals surface area contributed by atoms with Gasteiger partial charge in [0.1, 0.15) is 11.4 Å². The van der Waals surface area contributed by atoms with Gasteiger partial charge in [0.15, 0.2) is 0 Å². The number of rotatable bonds is 1. The van der Waals surface area contributed by atoms with Gasteiger partial charge in [-0.3, -0.25) is 0 Å². The summed E-state index contributed by atoms with van der Waals surface area (Å²) in [6.07, 6.45) is -3.79. The second-order valence-electron chi connectivity index (χ2n) is 5.28. The van der Waals surface area contributed by atoms with Crippen molar-refractivity contribution in [1.29, 1.82) is 0 Å². The Morgan fingerprint density at radius 1 is 1.50 bits per heavy atom. The van der Waals surface area contributed by atoms with E-state index in [1.807, 2.05) is 6.92 Å². The Labute approximate surface area is 116 Å². The van der Waals surface area contributed by atoms with Gasteiger partial charge in [0.05, 0.1) is 5.60 Å². The van der Waals surface area contributed by atoms with E-state index in [2.05, 4.69) is 9.97 Å². The minimum Gasteiger partial charge on any atom is -0.476 e. The summed E-state index contributed by atoms with van der Waals surface area (Å²) < 4.78 is 49.0. The molecule has 0 aromatic carbocycles. The molecule has 109 valence electrons. The molecule has 0 amide bonds. The Kier molecular flexibility index (Phi) is 3.07. The maximum Gasteiger partial charge on any atom is 0.433 e. The normalized spacial score (nSPS) is 29.8. The molecular weight excluding hydrogens is 289 g/mol. The summed E-state index contributed by atoms with van der Waals surface area (Å²) in [7, 11) is 0.392. The van der Waals surface area contributed by atoms with Gasteiger partial charge in [-0.2, -0.15) is 13.2 Å². The van der Waals surface area contributed by atoms with E-state index in [1.54, 1.807) is 7.11 Å². The van der Waals surface area contributed by atoms with Crippen LogP contribution in [0.15, 0.2) is 12.1 Å². The van der Waals surface area contributed by atoms with Crippen LogP contribution >= 0.6 is 0 Å². The third-order valence-electron chi connectivity index (χ3n) is 3.78. The van der Waals surface area contributed by atoms with Gasteiger partial charge in [0.25, 0.3) is 0 Å². The number of nitrogens with one attached hydrogen (secondary N) is 1.